The number of anilines is 2. The van der Waals surface area contributed by atoms with E-state index in [-0.39, 0.29) is 57.5 Å². The Balaban J connectivity index is 0.00000177. The number of nitrogens with one attached hydrogen (secondary N) is 3. The Bertz CT molecular complexity index is 1660. The topological polar surface area (TPSA) is 195 Å². The van der Waals surface area contributed by atoms with Crippen molar-refractivity contribution in [3.05, 3.63) is 57.2 Å². The van der Waals surface area contributed by atoms with Crippen molar-refractivity contribution in [2.45, 2.75) is 112 Å². The van der Waals surface area contributed by atoms with Gasteiger partial charge in [-0.1, -0.05) is 18.3 Å². The summed E-state index contributed by atoms with van der Waals surface area (Å²) in [5.74, 6) is 0.965. The molecule has 2 spiro atoms. The van der Waals surface area contributed by atoms with Gasteiger partial charge in [0.15, 0.2) is 6.23 Å². The van der Waals surface area contributed by atoms with Crippen molar-refractivity contribution < 1.29 is 78.1 Å². The molecule has 0 radical (unpaired) electrons. The molecule has 4 heterocycles. The molecule has 1 aromatic carbocycles. The van der Waals surface area contributed by atoms with Crippen LogP contribution in [0.4, 0.5) is 16.3 Å². The zero-order chi connectivity index (χ0) is 36.3. The average molecular weight is 789 g/mol. The SMILES string of the molecule is COc1ccc(C[C@H](NC(=O)OC2CCCC3(C2)OOC2(O3)C3CC4CC(C3)CC2C4)C(=O)N[C@H]2[C@@H](O)[C@H](N3CNc4[c-]ncnc43)O[C@@H]2CO)cc1.[CH3-].[CH3-].[Na+]. The molecule has 4 bridgehead atoms. The summed E-state index contributed by atoms with van der Waals surface area (Å²) in [7, 11) is 1.57. The van der Waals surface area contributed by atoms with Crippen LogP contribution in [0.2, 0.25) is 0 Å². The first-order chi connectivity index (χ1) is 25.7. The first kappa shape index (κ1) is 42.8. The number of methoxy groups -OCH3 is 1. The summed E-state index contributed by atoms with van der Waals surface area (Å²) in [6, 6.07) is 5.05. The second-order valence-electron chi connectivity index (χ2n) is 15.8. The van der Waals surface area contributed by atoms with Gasteiger partial charge in [-0.05, 0) is 80.2 Å². The fourth-order valence-corrected chi connectivity index (χ4v) is 10.2. The molecule has 2 aromatic rings. The van der Waals surface area contributed by atoms with Crippen LogP contribution in [-0.4, -0.2) is 101 Å². The van der Waals surface area contributed by atoms with Crippen LogP contribution in [-0.2, 0) is 35.2 Å². The number of ether oxygens (including phenoxy) is 4. The molecule has 3 aliphatic heterocycles. The smallest absolute Gasteiger partial charge is 0.497 e. The summed E-state index contributed by atoms with van der Waals surface area (Å²) < 4.78 is 24.2. The van der Waals surface area contributed by atoms with Crippen molar-refractivity contribution >= 4 is 23.5 Å². The average Bonchev–Trinajstić information content (AvgIpc) is 3.84. The number of aromatic nitrogens is 2. The molecule has 1 aromatic heterocycles. The zero-order valence-electron chi connectivity index (χ0n) is 32.6. The van der Waals surface area contributed by atoms with Gasteiger partial charge in [0.05, 0.1) is 26.4 Å². The van der Waals surface area contributed by atoms with E-state index in [9.17, 15) is 19.8 Å². The molecule has 8 aliphatic rings. The molecule has 2 amide bonds. The number of rotatable bonds is 9. The molecule has 17 heteroatoms. The Hall–Kier alpha value is -2.80. The molecule has 7 atom stereocenters. The third-order valence-electron chi connectivity index (χ3n) is 12.6. The molecular weight excluding hydrogens is 735 g/mol. The number of benzene rings is 1. The van der Waals surface area contributed by atoms with Crippen LogP contribution in [0.3, 0.4) is 0 Å². The van der Waals surface area contributed by atoms with Crippen LogP contribution < -0.4 is 55.1 Å². The van der Waals surface area contributed by atoms with Gasteiger partial charge in [0.1, 0.15) is 30.1 Å². The standard InChI is InChI=1S/C37H47N6O10.2CH3.Na/c1-48-25-6-4-20(5-7-25)14-27(33(46)42-30-29(17-44)50-34(31(30)45)43-19-40-28-16-38-18-39-32(28)43)41-35(47)49-26-3-2-8-36(15-26)51-37(53-52-36)23-10-21-9-22(12-23)13-24(37)11-21;;;/h4-7,18,21-24,26-27,29-31,34,40,44-45H,2-3,8-15,17,19H2,1H3,(H,41,47)(H,42,46);2*1H3;/q3*-1;+1/t21?,22?,23?,24?,26?,27-,29+,30+,31+,34+,36?,37?;;;/m0.../s1. The van der Waals surface area contributed by atoms with Crippen molar-refractivity contribution in [3.8, 4) is 5.75 Å². The van der Waals surface area contributed by atoms with E-state index in [4.69, 9.17) is 28.7 Å². The number of hydrogen-bond donors (Lipinski definition) is 5. The largest absolute Gasteiger partial charge is 1.00 e. The molecule has 302 valence electrons. The van der Waals surface area contributed by atoms with Gasteiger partial charge in [-0.3, -0.25) is 4.79 Å². The van der Waals surface area contributed by atoms with Crippen molar-refractivity contribution in [2.75, 3.05) is 30.6 Å². The maximum Gasteiger partial charge on any atom is 1.00 e. The molecule has 5 N–H and O–H groups in total. The third kappa shape index (κ3) is 7.85. The van der Waals surface area contributed by atoms with Gasteiger partial charge >= 0.3 is 35.7 Å². The van der Waals surface area contributed by atoms with E-state index in [1.54, 1.807) is 24.1 Å². The van der Waals surface area contributed by atoms with Gasteiger partial charge in [0, 0.05) is 43.2 Å². The van der Waals surface area contributed by atoms with Crippen LogP contribution in [0.5, 0.6) is 5.75 Å². The van der Waals surface area contributed by atoms with Gasteiger partial charge in [0.25, 0.3) is 0 Å². The number of aliphatic hydroxyl groups excluding tert-OH is 2. The van der Waals surface area contributed by atoms with E-state index < -0.39 is 66.8 Å². The summed E-state index contributed by atoms with van der Waals surface area (Å²) in [6.07, 6.45) is 7.89. The van der Waals surface area contributed by atoms with E-state index in [0.717, 1.165) is 49.5 Å². The van der Waals surface area contributed by atoms with Gasteiger partial charge in [-0.2, -0.15) is 9.78 Å². The molecule has 56 heavy (non-hydrogen) atoms. The molecule has 7 fully saturated rings. The Morgan fingerprint density at radius 1 is 1.11 bits per heavy atom. The third-order valence-corrected chi connectivity index (χ3v) is 12.6. The quantitative estimate of drug-likeness (QED) is 0.130. The number of hydrogen-bond acceptors (Lipinski definition) is 14. The van der Waals surface area contributed by atoms with Crippen molar-refractivity contribution in [1.29, 1.82) is 0 Å². The monoisotopic (exact) mass is 788 g/mol. The predicted molar refractivity (Wildman–Crippen MR) is 196 cm³/mol. The normalized spacial score (nSPS) is 36.4. The molecule has 16 nitrogen and oxygen atoms in total. The van der Waals surface area contributed by atoms with E-state index >= 15 is 0 Å². The number of aliphatic hydroxyl groups is 2. The van der Waals surface area contributed by atoms with Gasteiger partial charge in [-0.15, -0.1) is 0 Å². The molecule has 2 saturated heterocycles. The van der Waals surface area contributed by atoms with Crippen LogP contribution in [0.15, 0.2) is 30.6 Å². The number of fused-ring (bicyclic) bond motifs is 1. The number of carbonyl (C=O) groups is 2. The number of carbonyl (C=O) groups excluding carboxylic acids is 2. The summed E-state index contributed by atoms with van der Waals surface area (Å²) in [4.78, 5) is 49.7. The van der Waals surface area contributed by atoms with E-state index in [1.165, 1.54) is 12.7 Å². The minimum Gasteiger partial charge on any atom is -0.497 e. The maximum absolute atomic E-state index is 14.0. The van der Waals surface area contributed by atoms with Crippen molar-refractivity contribution in [1.82, 2.24) is 20.6 Å². The Morgan fingerprint density at radius 3 is 2.54 bits per heavy atom. The summed E-state index contributed by atoms with van der Waals surface area (Å²) in [5, 5.41) is 30.4. The van der Waals surface area contributed by atoms with E-state index in [1.807, 2.05) is 12.1 Å². The van der Waals surface area contributed by atoms with E-state index in [2.05, 4.69) is 32.1 Å². The fourth-order valence-electron chi connectivity index (χ4n) is 10.2. The van der Waals surface area contributed by atoms with Gasteiger partial charge in [0.2, 0.25) is 17.5 Å². The summed E-state index contributed by atoms with van der Waals surface area (Å²) in [6.45, 7) is -0.214. The number of nitrogens with zero attached hydrogens (tertiary/aromatic N) is 3. The molecule has 2 unspecified atom stereocenters. The van der Waals surface area contributed by atoms with Crippen LogP contribution in [0.25, 0.3) is 0 Å². The Kier molecular flexibility index (Phi) is 13.1. The first-order valence-electron chi connectivity index (χ1n) is 18.9. The van der Waals surface area contributed by atoms with Crippen LogP contribution in [0, 0.1) is 44.7 Å². The zero-order valence-corrected chi connectivity index (χ0v) is 34.6. The van der Waals surface area contributed by atoms with E-state index in [0.29, 0.717) is 48.4 Å². The second kappa shape index (κ2) is 17.2. The summed E-state index contributed by atoms with van der Waals surface area (Å²) >= 11 is 0. The maximum atomic E-state index is 14.0. The van der Waals surface area contributed by atoms with Crippen molar-refractivity contribution in [2.24, 2.45) is 23.7 Å². The molecule has 5 saturated carbocycles. The minimum atomic E-state index is -1.25. The predicted octanol–water partition coefficient (Wildman–Crippen LogP) is 0.0495. The second-order valence-corrected chi connectivity index (χ2v) is 15.8. The molecule has 5 aliphatic carbocycles. The first-order valence-corrected chi connectivity index (χ1v) is 18.9. The summed E-state index contributed by atoms with van der Waals surface area (Å²) in [5.41, 5.74) is 1.30. The van der Waals surface area contributed by atoms with Gasteiger partial charge in [-0.25, -0.2) is 4.79 Å². The molecule has 10 rings (SSSR count). The van der Waals surface area contributed by atoms with Crippen molar-refractivity contribution in [3.63, 3.8) is 0 Å². The fraction of sp³-hybridized carbons (Fsp3) is 0.641. The molecular formula is C39H53N6NaO10-2. The Labute approximate surface area is 350 Å². The van der Waals surface area contributed by atoms with Gasteiger partial charge < -0.3 is 74.8 Å². The number of amides is 2. The number of alkyl carbamates (subject to hydrolysis) is 1. The minimum absolute atomic E-state index is 0. The van der Waals surface area contributed by atoms with Crippen LogP contribution >= 0.6 is 0 Å². The van der Waals surface area contributed by atoms with Crippen LogP contribution in [0.1, 0.15) is 63.4 Å². The Morgan fingerprint density at radius 2 is 1.84 bits per heavy atom.